The van der Waals surface area contributed by atoms with E-state index in [4.69, 9.17) is 0 Å². The lowest BCUT2D eigenvalue weighted by atomic mass is 9.96. The normalized spacial score (nSPS) is 18.4. The topological polar surface area (TPSA) is 59.0 Å². The number of halogens is 1. The van der Waals surface area contributed by atoms with E-state index in [2.05, 4.69) is 15.7 Å². The zero-order valence-electron chi connectivity index (χ0n) is 12.3. The minimum atomic E-state index is 0. The minimum absolute atomic E-state index is 0. The summed E-state index contributed by atoms with van der Waals surface area (Å²) in [6.45, 7) is 5.00. The second kappa shape index (κ2) is 8.27. The van der Waals surface area contributed by atoms with Crippen LogP contribution >= 0.6 is 12.4 Å². The number of hydrogen-bond donors (Lipinski definition) is 2. The summed E-state index contributed by atoms with van der Waals surface area (Å²) in [5.41, 5.74) is 1.59. The summed E-state index contributed by atoms with van der Waals surface area (Å²) in [7, 11) is 1.85. The molecule has 2 N–H and O–H groups in total. The third-order valence-electron chi connectivity index (χ3n) is 3.72. The molecule has 1 aliphatic heterocycles. The molecule has 0 bridgehead atoms. The molecular formula is C14H25ClN4O. The lowest BCUT2D eigenvalue weighted by Gasteiger charge is -2.22. The Hall–Kier alpha value is -1.07. The number of aryl methyl sites for hydroxylation is 2. The SMILES string of the molecule is CCc1nn(C)cc1C(=O)NCCC1CCCNC1.Cl. The Morgan fingerprint density at radius 3 is 3.05 bits per heavy atom. The summed E-state index contributed by atoms with van der Waals surface area (Å²) < 4.78 is 1.71. The molecule has 1 fully saturated rings. The first-order valence-electron chi connectivity index (χ1n) is 7.22. The number of aromatic nitrogens is 2. The second-order valence-electron chi connectivity index (χ2n) is 5.27. The maximum absolute atomic E-state index is 12.1. The van der Waals surface area contributed by atoms with Gasteiger partial charge in [0.25, 0.3) is 5.91 Å². The van der Waals surface area contributed by atoms with Gasteiger partial charge in [-0.15, -0.1) is 12.4 Å². The molecule has 2 heterocycles. The number of carbonyl (C=O) groups is 1. The van der Waals surface area contributed by atoms with Crippen LogP contribution in [-0.2, 0) is 13.5 Å². The van der Waals surface area contributed by atoms with E-state index in [1.165, 1.54) is 12.8 Å². The highest BCUT2D eigenvalue weighted by Crippen LogP contribution is 2.13. The highest BCUT2D eigenvalue weighted by molar-refractivity contribution is 5.95. The van der Waals surface area contributed by atoms with Crippen LogP contribution in [-0.4, -0.2) is 35.3 Å². The Balaban J connectivity index is 0.00000200. The Labute approximate surface area is 126 Å². The summed E-state index contributed by atoms with van der Waals surface area (Å²) in [4.78, 5) is 12.1. The first kappa shape index (κ1) is 17.0. The van der Waals surface area contributed by atoms with Crippen molar-refractivity contribution in [1.82, 2.24) is 20.4 Å². The van der Waals surface area contributed by atoms with Crippen LogP contribution in [0.25, 0.3) is 0 Å². The molecule has 6 heteroatoms. The first-order chi connectivity index (χ1) is 9.20. The van der Waals surface area contributed by atoms with Crippen LogP contribution in [0.2, 0.25) is 0 Å². The fraction of sp³-hybridized carbons (Fsp3) is 0.714. The van der Waals surface area contributed by atoms with Crippen molar-refractivity contribution in [3.63, 3.8) is 0 Å². The van der Waals surface area contributed by atoms with E-state index in [-0.39, 0.29) is 18.3 Å². The van der Waals surface area contributed by atoms with Gasteiger partial charge in [0.15, 0.2) is 0 Å². The van der Waals surface area contributed by atoms with E-state index < -0.39 is 0 Å². The molecule has 0 spiro atoms. The molecular weight excluding hydrogens is 276 g/mol. The molecule has 1 aromatic heterocycles. The number of carbonyl (C=O) groups excluding carboxylic acids is 1. The summed E-state index contributed by atoms with van der Waals surface area (Å²) in [6, 6.07) is 0. The number of rotatable bonds is 5. The third kappa shape index (κ3) is 4.49. The van der Waals surface area contributed by atoms with Crippen LogP contribution in [0.15, 0.2) is 6.20 Å². The molecule has 0 aliphatic carbocycles. The second-order valence-corrected chi connectivity index (χ2v) is 5.27. The van der Waals surface area contributed by atoms with Crippen molar-refractivity contribution in [2.45, 2.75) is 32.6 Å². The maximum Gasteiger partial charge on any atom is 0.254 e. The van der Waals surface area contributed by atoms with E-state index in [0.717, 1.165) is 38.2 Å². The van der Waals surface area contributed by atoms with Crippen LogP contribution in [0.3, 0.4) is 0 Å². The summed E-state index contributed by atoms with van der Waals surface area (Å²) in [5, 5.41) is 10.7. The van der Waals surface area contributed by atoms with Gasteiger partial charge in [-0.25, -0.2) is 0 Å². The standard InChI is InChI=1S/C14H24N4O.ClH/c1-3-13-12(10-18(2)17-13)14(19)16-8-6-11-5-4-7-15-9-11;/h10-11,15H,3-9H2,1-2H3,(H,16,19);1H. The molecule has 1 aliphatic rings. The van der Waals surface area contributed by atoms with Crippen molar-refractivity contribution < 1.29 is 4.79 Å². The molecule has 2 rings (SSSR count). The molecule has 1 saturated heterocycles. The zero-order valence-corrected chi connectivity index (χ0v) is 13.1. The van der Waals surface area contributed by atoms with E-state index in [1.807, 2.05) is 14.0 Å². The Kier molecular flexibility index (Phi) is 7.02. The van der Waals surface area contributed by atoms with Crippen molar-refractivity contribution in [2.24, 2.45) is 13.0 Å². The van der Waals surface area contributed by atoms with Crippen molar-refractivity contribution in [3.05, 3.63) is 17.5 Å². The van der Waals surface area contributed by atoms with Crippen molar-refractivity contribution in [2.75, 3.05) is 19.6 Å². The van der Waals surface area contributed by atoms with E-state index >= 15 is 0 Å². The van der Waals surface area contributed by atoms with E-state index in [0.29, 0.717) is 11.5 Å². The smallest absolute Gasteiger partial charge is 0.254 e. The molecule has 20 heavy (non-hydrogen) atoms. The largest absolute Gasteiger partial charge is 0.352 e. The van der Waals surface area contributed by atoms with Crippen LogP contribution in [0.5, 0.6) is 0 Å². The van der Waals surface area contributed by atoms with Crippen LogP contribution in [0.1, 0.15) is 42.2 Å². The quantitative estimate of drug-likeness (QED) is 0.867. The highest BCUT2D eigenvalue weighted by atomic mass is 35.5. The maximum atomic E-state index is 12.1. The molecule has 1 amide bonds. The van der Waals surface area contributed by atoms with Gasteiger partial charge in [-0.3, -0.25) is 9.48 Å². The average molecular weight is 301 g/mol. The number of piperidine rings is 1. The van der Waals surface area contributed by atoms with Gasteiger partial charge >= 0.3 is 0 Å². The number of nitrogens with one attached hydrogen (secondary N) is 2. The lowest BCUT2D eigenvalue weighted by molar-refractivity contribution is 0.0949. The number of nitrogens with zero attached hydrogens (tertiary/aromatic N) is 2. The van der Waals surface area contributed by atoms with Gasteiger partial charge in [0.2, 0.25) is 0 Å². The molecule has 1 unspecified atom stereocenters. The Bertz CT molecular complexity index is 427. The van der Waals surface area contributed by atoms with Crippen molar-refractivity contribution in [1.29, 1.82) is 0 Å². The summed E-state index contributed by atoms with van der Waals surface area (Å²) in [5.74, 6) is 0.710. The fourth-order valence-electron chi connectivity index (χ4n) is 2.64. The Morgan fingerprint density at radius 1 is 1.60 bits per heavy atom. The van der Waals surface area contributed by atoms with Crippen LogP contribution < -0.4 is 10.6 Å². The monoisotopic (exact) mass is 300 g/mol. The van der Waals surface area contributed by atoms with Crippen molar-refractivity contribution in [3.8, 4) is 0 Å². The van der Waals surface area contributed by atoms with Crippen molar-refractivity contribution >= 4 is 18.3 Å². The van der Waals surface area contributed by atoms with Gasteiger partial charge in [0.05, 0.1) is 11.3 Å². The summed E-state index contributed by atoms with van der Waals surface area (Å²) in [6.07, 6.45) is 6.17. The van der Waals surface area contributed by atoms with Crippen LogP contribution in [0, 0.1) is 5.92 Å². The molecule has 1 atom stereocenters. The zero-order chi connectivity index (χ0) is 13.7. The van der Waals surface area contributed by atoms with Gasteiger partial charge in [-0.05, 0) is 44.7 Å². The predicted molar refractivity (Wildman–Crippen MR) is 82.4 cm³/mol. The molecule has 0 saturated carbocycles. The van der Waals surface area contributed by atoms with Gasteiger partial charge < -0.3 is 10.6 Å². The number of amides is 1. The lowest BCUT2D eigenvalue weighted by Crippen LogP contribution is -2.33. The predicted octanol–water partition coefficient (Wildman–Crippen LogP) is 1.52. The fourth-order valence-corrected chi connectivity index (χ4v) is 2.64. The van der Waals surface area contributed by atoms with Gasteiger partial charge in [0.1, 0.15) is 0 Å². The molecule has 0 aromatic carbocycles. The van der Waals surface area contributed by atoms with Gasteiger partial charge in [-0.2, -0.15) is 5.10 Å². The molecule has 0 radical (unpaired) electrons. The third-order valence-corrected chi connectivity index (χ3v) is 3.72. The van der Waals surface area contributed by atoms with E-state index in [9.17, 15) is 4.79 Å². The molecule has 5 nitrogen and oxygen atoms in total. The summed E-state index contributed by atoms with van der Waals surface area (Å²) >= 11 is 0. The number of hydrogen-bond acceptors (Lipinski definition) is 3. The first-order valence-corrected chi connectivity index (χ1v) is 7.22. The Morgan fingerprint density at radius 2 is 2.40 bits per heavy atom. The van der Waals surface area contributed by atoms with Crippen LogP contribution in [0.4, 0.5) is 0 Å². The average Bonchev–Trinajstić information content (AvgIpc) is 2.81. The van der Waals surface area contributed by atoms with Gasteiger partial charge in [0, 0.05) is 19.8 Å². The van der Waals surface area contributed by atoms with E-state index in [1.54, 1.807) is 10.9 Å². The minimum Gasteiger partial charge on any atom is -0.352 e. The molecule has 114 valence electrons. The van der Waals surface area contributed by atoms with Gasteiger partial charge in [-0.1, -0.05) is 6.92 Å². The molecule has 1 aromatic rings. The highest BCUT2D eigenvalue weighted by Gasteiger charge is 2.16.